The van der Waals surface area contributed by atoms with Gasteiger partial charge in [-0.1, -0.05) is 159 Å². The summed E-state index contributed by atoms with van der Waals surface area (Å²) < 4.78 is 6.14. The van der Waals surface area contributed by atoms with Crippen molar-refractivity contribution in [2.45, 2.75) is 38.2 Å². The molecule has 2 aliphatic carbocycles. The predicted molar refractivity (Wildman–Crippen MR) is 224 cm³/mol. The van der Waals surface area contributed by atoms with Crippen LogP contribution in [0.15, 0.2) is 164 Å². The highest BCUT2D eigenvalue weighted by molar-refractivity contribution is 6.30. The van der Waals surface area contributed by atoms with Gasteiger partial charge in [-0.15, -0.1) is 0 Å². The van der Waals surface area contributed by atoms with Gasteiger partial charge in [0.2, 0.25) is 0 Å². The summed E-state index contributed by atoms with van der Waals surface area (Å²) in [7, 11) is 0. The van der Waals surface area contributed by atoms with Crippen molar-refractivity contribution < 1.29 is 4.74 Å². The Labute approximate surface area is 310 Å². The van der Waals surface area contributed by atoms with Gasteiger partial charge in [-0.05, 0) is 130 Å². The molecule has 11 rings (SSSR count). The standard InChI is InChI=1S/C52H38O/c1-52(2)46-22-12-11-13-36(46)37-30-25-33(31-47(37)52)49-40-16-5-9-20-44(40)51(45-21-10-6-17-41(45)49)50-42-18-7-3-14-38(42)48(39-15-4-8-19-43(39)50)32-23-26-34(27-24-32)53-35-28-29-35/h3-27,30-31,35H,28-29H2,1-2H3. The molecule has 0 N–H and O–H groups in total. The van der Waals surface area contributed by atoms with Gasteiger partial charge in [-0.3, -0.25) is 0 Å². The molecule has 1 saturated carbocycles. The van der Waals surface area contributed by atoms with Crippen molar-refractivity contribution in [3.8, 4) is 50.3 Å². The molecule has 2 aliphatic rings. The van der Waals surface area contributed by atoms with E-state index in [9.17, 15) is 0 Å². The van der Waals surface area contributed by atoms with Crippen LogP contribution in [-0.2, 0) is 5.41 Å². The van der Waals surface area contributed by atoms with Gasteiger partial charge < -0.3 is 4.74 Å². The number of ether oxygens (including phenoxy) is 1. The molecule has 9 aromatic rings. The zero-order valence-corrected chi connectivity index (χ0v) is 30.0. The molecule has 1 nitrogen and oxygen atoms in total. The van der Waals surface area contributed by atoms with Crippen molar-refractivity contribution in [3.05, 3.63) is 175 Å². The van der Waals surface area contributed by atoms with E-state index in [-0.39, 0.29) is 5.41 Å². The highest BCUT2D eigenvalue weighted by Gasteiger charge is 2.35. The first kappa shape index (κ1) is 30.4. The zero-order valence-electron chi connectivity index (χ0n) is 30.0. The molecule has 0 unspecified atom stereocenters. The molecule has 0 amide bonds. The van der Waals surface area contributed by atoms with E-state index in [1.807, 2.05) is 0 Å². The van der Waals surface area contributed by atoms with Crippen molar-refractivity contribution in [1.29, 1.82) is 0 Å². The topological polar surface area (TPSA) is 9.23 Å². The maximum atomic E-state index is 6.14. The number of hydrogen-bond acceptors (Lipinski definition) is 1. The summed E-state index contributed by atoms with van der Waals surface area (Å²) >= 11 is 0. The van der Waals surface area contributed by atoms with E-state index in [1.54, 1.807) is 0 Å². The van der Waals surface area contributed by atoms with Gasteiger partial charge in [0, 0.05) is 5.41 Å². The highest BCUT2D eigenvalue weighted by atomic mass is 16.5. The molecule has 0 saturated heterocycles. The van der Waals surface area contributed by atoms with Crippen LogP contribution in [0.1, 0.15) is 37.8 Å². The number of fused-ring (bicyclic) bond motifs is 7. The highest BCUT2D eigenvalue weighted by Crippen LogP contribution is 2.53. The molecule has 1 heteroatoms. The predicted octanol–water partition coefficient (Wildman–Crippen LogP) is 14.1. The van der Waals surface area contributed by atoms with Gasteiger partial charge >= 0.3 is 0 Å². The molecule has 53 heavy (non-hydrogen) atoms. The lowest BCUT2D eigenvalue weighted by Gasteiger charge is -2.24. The van der Waals surface area contributed by atoms with Crippen molar-refractivity contribution in [2.24, 2.45) is 0 Å². The lowest BCUT2D eigenvalue weighted by atomic mass is 9.79. The van der Waals surface area contributed by atoms with Gasteiger partial charge in [0.25, 0.3) is 0 Å². The van der Waals surface area contributed by atoms with Crippen LogP contribution in [0.2, 0.25) is 0 Å². The smallest absolute Gasteiger partial charge is 0.119 e. The Kier molecular flexibility index (Phi) is 6.55. The minimum atomic E-state index is -0.0718. The second kappa shape index (κ2) is 11.4. The second-order valence-electron chi connectivity index (χ2n) is 15.5. The summed E-state index contributed by atoms with van der Waals surface area (Å²) in [6.45, 7) is 4.74. The van der Waals surface area contributed by atoms with Crippen molar-refractivity contribution in [2.75, 3.05) is 0 Å². The Morgan fingerprint density at radius 2 is 0.792 bits per heavy atom. The van der Waals surface area contributed by atoms with Crippen LogP contribution < -0.4 is 4.74 Å². The average Bonchev–Trinajstić information content (AvgIpc) is 4.00. The van der Waals surface area contributed by atoms with Crippen LogP contribution in [0.3, 0.4) is 0 Å². The fraction of sp³-hybridized carbons (Fsp3) is 0.115. The summed E-state index contributed by atoms with van der Waals surface area (Å²) in [5.41, 5.74) is 13.1. The monoisotopic (exact) mass is 678 g/mol. The van der Waals surface area contributed by atoms with E-state index in [1.165, 1.54) is 98.7 Å². The van der Waals surface area contributed by atoms with Crippen molar-refractivity contribution >= 4 is 43.1 Å². The quantitative estimate of drug-likeness (QED) is 0.165. The maximum absolute atomic E-state index is 6.14. The molecule has 0 aromatic heterocycles. The third-order valence-electron chi connectivity index (χ3n) is 12.0. The summed E-state index contributed by atoms with van der Waals surface area (Å²) in [4.78, 5) is 0. The lowest BCUT2D eigenvalue weighted by Crippen LogP contribution is -2.14. The molecular formula is C52H38O. The molecule has 0 bridgehead atoms. The van der Waals surface area contributed by atoms with Crippen LogP contribution in [-0.4, -0.2) is 6.10 Å². The Morgan fingerprint density at radius 1 is 0.396 bits per heavy atom. The number of rotatable bonds is 5. The van der Waals surface area contributed by atoms with E-state index < -0.39 is 0 Å². The molecule has 0 atom stereocenters. The Hall–Kier alpha value is -6.18. The van der Waals surface area contributed by atoms with Crippen molar-refractivity contribution in [3.63, 3.8) is 0 Å². The summed E-state index contributed by atoms with van der Waals surface area (Å²) in [5, 5.41) is 10.1. The zero-order chi connectivity index (χ0) is 35.3. The fourth-order valence-corrected chi connectivity index (χ4v) is 9.36. The fourth-order valence-electron chi connectivity index (χ4n) is 9.36. The molecule has 252 valence electrons. The van der Waals surface area contributed by atoms with Gasteiger partial charge in [0.15, 0.2) is 0 Å². The molecular weight excluding hydrogens is 641 g/mol. The van der Waals surface area contributed by atoms with Crippen LogP contribution in [0.25, 0.3) is 87.6 Å². The van der Waals surface area contributed by atoms with Crippen molar-refractivity contribution in [1.82, 2.24) is 0 Å². The van der Waals surface area contributed by atoms with E-state index in [0.29, 0.717) is 6.10 Å². The minimum Gasteiger partial charge on any atom is -0.490 e. The van der Waals surface area contributed by atoms with Crippen LogP contribution >= 0.6 is 0 Å². The molecule has 0 spiro atoms. The normalized spacial score (nSPS) is 14.5. The molecule has 1 fully saturated rings. The van der Waals surface area contributed by atoms with Crippen LogP contribution in [0, 0.1) is 0 Å². The van der Waals surface area contributed by atoms with Crippen LogP contribution in [0.4, 0.5) is 0 Å². The summed E-state index contributed by atoms with van der Waals surface area (Å²) in [6, 6.07) is 61.0. The number of benzene rings is 9. The van der Waals surface area contributed by atoms with Gasteiger partial charge in [-0.25, -0.2) is 0 Å². The largest absolute Gasteiger partial charge is 0.490 e. The van der Waals surface area contributed by atoms with E-state index in [2.05, 4.69) is 178 Å². The van der Waals surface area contributed by atoms with Gasteiger partial charge in [0.05, 0.1) is 6.10 Å². The third-order valence-corrected chi connectivity index (χ3v) is 12.0. The summed E-state index contributed by atoms with van der Waals surface area (Å²) in [5.74, 6) is 0.955. The molecule has 0 radical (unpaired) electrons. The van der Waals surface area contributed by atoms with Gasteiger partial charge in [-0.2, -0.15) is 0 Å². The molecule has 0 aliphatic heterocycles. The first-order valence-electron chi connectivity index (χ1n) is 19.0. The maximum Gasteiger partial charge on any atom is 0.119 e. The third kappa shape index (κ3) is 4.57. The van der Waals surface area contributed by atoms with E-state index in [0.717, 1.165) is 18.6 Å². The molecule has 9 aromatic carbocycles. The van der Waals surface area contributed by atoms with Gasteiger partial charge in [0.1, 0.15) is 5.75 Å². The lowest BCUT2D eigenvalue weighted by molar-refractivity contribution is 0.303. The Morgan fingerprint density at radius 3 is 1.28 bits per heavy atom. The second-order valence-corrected chi connectivity index (χ2v) is 15.5. The average molecular weight is 679 g/mol. The Balaban J connectivity index is 1.20. The van der Waals surface area contributed by atoms with E-state index >= 15 is 0 Å². The SMILES string of the molecule is CC1(C)c2ccccc2-c2ccc(-c3c4ccccc4c(-c4c5ccccc5c(-c5ccc(OC6CC6)cc5)c5ccccc45)c4ccccc34)cc21. The summed E-state index contributed by atoms with van der Waals surface area (Å²) in [6.07, 6.45) is 2.69. The van der Waals surface area contributed by atoms with E-state index in [4.69, 9.17) is 4.74 Å². The molecule has 0 heterocycles. The first-order valence-corrected chi connectivity index (χ1v) is 19.0. The van der Waals surface area contributed by atoms with Crippen LogP contribution in [0.5, 0.6) is 5.75 Å². The minimum absolute atomic E-state index is 0.0718. The number of hydrogen-bond donors (Lipinski definition) is 0. The Bertz CT molecular complexity index is 2830. The first-order chi connectivity index (χ1) is 26.1.